The minimum absolute atomic E-state index is 0. The first kappa shape index (κ1) is 15.2. The number of hydrogen-bond donors (Lipinski definition) is 2. The summed E-state index contributed by atoms with van der Waals surface area (Å²) in [5.41, 5.74) is 7.88. The number of nitrogen functional groups attached to an aromatic ring is 1. The zero-order chi connectivity index (χ0) is 12.1. The lowest BCUT2D eigenvalue weighted by Gasteiger charge is -2.34. The van der Waals surface area contributed by atoms with Crippen molar-refractivity contribution in [3.8, 4) is 0 Å². The maximum atomic E-state index is 8.88. The van der Waals surface area contributed by atoms with Gasteiger partial charge >= 0.3 is 0 Å². The number of β-amino-alcohol motifs (C(OH)–C–C–N with tert-alkyl or cyclic N) is 1. The molecule has 0 aliphatic carbocycles. The van der Waals surface area contributed by atoms with Crippen molar-refractivity contribution in [1.82, 2.24) is 9.80 Å². The molecule has 1 aliphatic heterocycles. The Kier molecular flexibility index (Phi) is 6.43. The molecular weight excluding hydrogens is 250 g/mol. The van der Waals surface area contributed by atoms with Crippen LogP contribution in [0.2, 0.25) is 0 Å². The summed E-state index contributed by atoms with van der Waals surface area (Å²) in [6, 6.07) is 8.09. The topological polar surface area (TPSA) is 52.7 Å². The third kappa shape index (κ3) is 4.46. The van der Waals surface area contributed by atoms with Gasteiger partial charge in [-0.3, -0.25) is 9.80 Å². The second-order valence-corrected chi connectivity index (χ2v) is 4.59. The van der Waals surface area contributed by atoms with Crippen LogP contribution in [0.25, 0.3) is 0 Å². The Hall–Kier alpha value is -0.810. The van der Waals surface area contributed by atoms with E-state index >= 15 is 0 Å². The third-order valence-electron chi connectivity index (χ3n) is 3.24. The number of aliphatic hydroxyl groups excluding tert-OH is 1. The molecule has 2 rings (SSSR count). The van der Waals surface area contributed by atoms with Crippen molar-refractivity contribution in [3.05, 3.63) is 29.8 Å². The molecule has 0 radical (unpaired) electrons. The van der Waals surface area contributed by atoms with Crippen LogP contribution in [-0.2, 0) is 6.54 Å². The molecular formula is C13H22ClN3O. The van der Waals surface area contributed by atoms with Crippen LogP contribution < -0.4 is 5.73 Å². The smallest absolute Gasteiger partial charge is 0.0558 e. The van der Waals surface area contributed by atoms with E-state index in [1.165, 1.54) is 5.56 Å². The van der Waals surface area contributed by atoms with E-state index in [0.29, 0.717) is 0 Å². The summed E-state index contributed by atoms with van der Waals surface area (Å²) in [6.45, 7) is 6.24. The first-order valence-electron chi connectivity index (χ1n) is 6.18. The van der Waals surface area contributed by atoms with Crippen molar-refractivity contribution in [2.75, 3.05) is 45.1 Å². The Morgan fingerprint density at radius 3 is 2.39 bits per heavy atom. The van der Waals surface area contributed by atoms with Gasteiger partial charge in [0.2, 0.25) is 0 Å². The number of halogens is 1. The molecule has 0 amide bonds. The number of hydrogen-bond acceptors (Lipinski definition) is 4. The largest absolute Gasteiger partial charge is 0.399 e. The number of rotatable bonds is 4. The highest BCUT2D eigenvalue weighted by atomic mass is 35.5. The third-order valence-corrected chi connectivity index (χ3v) is 3.24. The molecule has 0 unspecified atom stereocenters. The molecule has 0 atom stereocenters. The van der Waals surface area contributed by atoms with Crippen LogP contribution in [0.5, 0.6) is 0 Å². The van der Waals surface area contributed by atoms with Crippen molar-refractivity contribution < 1.29 is 5.11 Å². The first-order valence-corrected chi connectivity index (χ1v) is 6.18. The van der Waals surface area contributed by atoms with E-state index in [9.17, 15) is 0 Å². The number of benzene rings is 1. The van der Waals surface area contributed by atoms with Crippen LogP contribution in [0.3, 0.4) is 0 Å². The fourth-order valence-electron chi connectivity index (χ4n) is 2.26. The molecule has 18 heavy (non-hydrogen) atoms. The van der Waals surface area contributed by atoms with Crippen LogP contribution in [-0.4, -0.2) is 54.2 Å². The lowest BCUT2D eigenvalue weighted by molar-refractivity contribution is 0.108. The number of nitrogens with two attached hydrogens (primary N) is 1. The van der Waals surface area contributed by atoms with Gasteiger partial charge in [0.1, 0.15) is 0 Å². The lowest BCUT2D eigenvalue weighted by atomic mass is 10.2. The molecule has 1 aliphatic rings. The molecule has 1 saturated heterocycles. The highest BCUT2D eigenvalue weighted by Gasteiger charge is 2.16. The van der Waals surface area contributed by atoms with Gasteiger partial charge in [0.05, 0.1) is 6.61 Å². The minimum atomic E-state index is 0. The first-order chi connectivity index (χ1) is 8.28. The van der Waals surface area contributed by atoms with Crippen molar-refractivity contribution in [1.29, 1.82) is 0 Å². The van der Waals surface area contributed by atoms with E-state index in [2.05, 4.69) is 15.9 Å². The van der Waals surface area contributed by atoms with Crippen molar-refractivity contribution >= 4 is 18.1 Å². The summed E-state index contributed by atoms with van der Waals surface area (Å²) in [5.74, 6) is 0. The molecule has 1 heterocycles. The summed E-state index contributed by atoms with van der Waals surface area (Å²) in [4.78, 5) is 4.73. The molecule has 1 fully saturated rings. The second kappa shape index (κ2) is 7.59. The molecule has 0 saturated carbocycles. The van der Waals surface area contributed by atoms with Gasteiger partial charge in [-0.1, -0.05) is 12.1 Å². The molecule has 0 bridgehead atoms. The van der Waals surface area contributed by atoms with Crippen molar-refractivity contribution in [2.24, 2.45) is 0 Å². The van der Waals surface area contributed by atoms with Gasteiger partial charge in [0, 0.05) is 45.0 Å². The fourth-order valence-corrected chi connectivity index (χ4v) is 2.26. The van der Waals surface area contributed by atoms with Gasteiger partial charge < -0.3 is 10.8 Å². The van der Waals surface area contributed by atoms with Crippen LogP contribution in [0.4, 0.5) is 5.69 Å². The number of anilines is 1. The summed E-state index contributed by atoms with van der Waals surface area (Å²) < 4.78 is 0. The zero-order valence-corrected chi connectivity index (χ0v) is 11.4. The fraction of sp³-hybridized carbons (Fsp3) is 0.538. The minimum Gasteiger partial charge on any atom is -0.399 e. The maximum absolute atomic E-state index is 8.88. The summed E-state index contributed by atoms with van der Waals surface area (Å²) in [6.07, 6.45) is 0. The van der Waals surface area contributed by atoms with Crippen LogP contribution in [0, 0.1) is 0 Å². The van der Waals surface area contributed by atoms with Gasteiger partial charge in [0.15, 0.2) is 0 Å². The van der Waals surface area contributed by atoms with E-state index in [1.54, 1.807) is 0 Å². The molecule has 0 aromatic heterocycles. The van der Waals surface area contributed by atoms with Gasteiger partial charge in [-0.15, -0.1) is 12.4 Å². The second-order valence-electron chi connectivity index (χ2n) is 4.59. The van der Waals surface area contributed by atoms with E-state index in [-0.39, 0.29) is 19.0 Å². The predicted molar refractivity (Wildman–Crippen MR) is 76.9 cm³/mol. The van der Waals surface area contributed by atoms with Crippen molar-refractivity contribution in [2.45, 2.75) is 6.54 Å². The van der Waals surface area contributed by atoms with Gasteiger partial charge in [0.25, 0.3) is 0 Å². The van der Waals surface area contributed by atoms with Gasteiger partial charge in [-0.2, -0.15) is 0 Å². The average molecular weight is 272 g/mol. The SMILES string of the molecule is Cl.Nc1cccc(CN2CCN(CCO)CC2)c1. The molecule has 0 spiro atoms. The van der Waals surface area contributed by atoms with E-state index in [1.807, 2.05) is 18.2 Å². The van der Waals surface area contributed by atoms with Crippen LogP contribution in [0.1, 0.15) is 5.56 Å². The standard InChI is InChI=1S/C13H21N3O.ClH/c14-13-3-1-2-12(10-13)11-16-6-4-15(5-7-16)8-9-17;/h1-3,10,17H,4-9,11,14H2;1H. The summed E-state index contributed by atoms with van der Waals surface area (Å²) in [5, 5.41) is 8.88. The molecule has 1 aromatic rings. The summed E-state index contributed by atoms with van der Waals surface area (Å²) >= 11 is 0. The number of nitrogens with zero attached hydrogens (tertiary/aromatic N) is 2. The quantitative estimate of drug-likeness (QED) is 0.796. The van der Waals surface area contributed by atoms with E-state index in [4.69, 9.17) is 10.8 Å². The highest BCUT2D eigenvalue weighted by Crippen LogP contribution is 2.11. The van der Waals surface area contributed by atoms with Crippen molar-refractivity contribution in [3.63, 3.8) is 0 Å². The Morgan fingerprint density at radius 1 is 1.11 bits per heavy atom. The summed E-state index contributed by atoms with van der Waals surface area (Å²) in [7, 11) is 0. The highest BCUT2D eigenvalue weighted by molar-refractivity contribution is 5.85. The van der Waals surface area contributed by atoms with Crippen LogP contribution >= 0.6 is 12.4 Å². The number of aliphatic hydroxyl groups is 1. The average Bonchev–Trinajstić information content (AvgIpc) is 2.32. The Bertz CT molecular complexity index is 354. The molecule has 5 heteroatoms. The maximum Gasteiger partial charge on any atom is 0.0558 e. The Morgan fingerprint density at radius 2 is 1.78 bits per heavy atom. The van der Waals surface area contributed by atoms with E-state index in [0.717, 1.165) is 45.0 Å². The molecule has 102 valence electrons. The molecule has 4 nitrogen and oxygen atoms in total. The van der Waals surface area contributed by atoms with Gasteiger partial charge in [-0.25, -0.2) is 0 Å². The normalized spacial score (nSPS) is 17.4. The predicted octanol–water partition coefficient (Wildman–Crippen LogP) is 0.800. The monoisotopic (exact) mass is 271 g/mol. The van der Waals surface area contributed by atoms with Gasteiger partial charge in [-0.05, 0) is 17.7 Å². The van der Waals surface area contributed by atoms with E-state index < -0.39 is 0 Å². The molecule has 3 N–H and O–H groups in total. The lowest BCUT2D eigenvalue weighted by Crippen LogP contribution is -2.46. The zero-order valence-electron chi connectivity index (χ0n) is 10.6. The van der Waals surface area contributed by atoms with Crippen LogP contribution in [0.15, 0.2) is 24.3 Å². The Labute approximate surface area is 115 Å². The Balaban J connectivity index is 0.00000162. The molecule has 1 aromatic carbocycles. The number of piperazine rings is 1.